The zero-order valence-electron chi connectivity index (χ0n) is 18.6. The molecule has 2 atom stereocenters. The van der Waals surface area contributed by atoms with Crippen LogP contribution in [0.15, 0.2) is 18.2 Å². The van der Waals surface area contributed by atoms with E-state index in [0.29, 0.717) is 50.7 Å². The molecule has 31 heavy (non-hydrogen) atoms. The number of piperidine rings is 1. The van der Waals surface area contributed by atoms with Gasteiger partial charge in [0.05, 0.1) is 32.7 Å². The van der Waals surface area contributed by atoms with Crippen LogP contribution in [-0.2, 0) is 25.5 Å². The number of hydrogen-bond acceptors (Lipinski definition) is 6. The number of ether oxygens (including phenoxy) is 3. The van der Waals surface area contributed by atoms with Gasteiger partial charge in [-0.2, -0.15) is 0 Å². The predicted octanol–water partition coefficient (Wildman–Crippen LogP) is 1.90. The van der Waals surface area contributed by atoms with Gasteiger partial charge in [0.15, 0.2) is 11.5 Å². The van der Waals surface area contributed by atoms with Gasteiger partial charge >= 0.3 is 5.97 Å². The van der Waals surface area contributed by atoms with Crippen molar-refractivity contribution < 1.29 is 28.6 Å². The summed E-state index contributed by atoms with van der Waals surface area (Å²) in [5, 5.41) is 0. The largest absolute Gasteiger partial charge is 0.493 e. The van der Waals surface area contributed by atoms with Crippen LogP contribution in [0.4, 0.5) is 0 Å². The third kappa shape index (κ3) is 5.48. The van der Waals surface area contributed by atoms with Gasteiger partial charge in [0.25, 0.3) is 0 Å². The van der Waals surface area contributed by atoms with E-state index < -0.39 is 0 Å². The normalized spacial score (nSPS) is 21.2. The fourth-order valence-electron chi connectivity index (χ4n) is 4.34. The van der Waals surface area contributed by atoms with Gasteiger partial charge in [-0.3, -0.25) is 14.4 Å². The molecule has 0 aromatic heterocycles. The molecule has 2 aliphatic heterocycles. The summed E-state index contributed by atoms with van der Waals surface area (Å²) in [4.78, 5) is 41.1. The van der Waals surface area contributed by atoms with Crippen LogP contribution < -0.4 is 9.47 Å². The van der Waals surface area contributed by atoms with Crippen molar-refractivity contribution in [1.82, 2.24) is 9.80 Å². The SMILES string of the molecule is CCOC(=O)[C@H]1CCCN(C(=O)[C@H]2CC(=O)N(CCc3ccc(OC)c(OC)c3)C2)C1. The second-order valence-corrected chi connectivity index (χ2v) is 8.06. The van der Waals surface area contributed by atoms with E-state index in [0.717, 1.165) is 18.4 Å². The van der Waals surface area contributed by atoms with Crippen LogP contribution in [-0.4, -0.2) is 74.6 Å². The first-order valence-electron chi connectivity index (χ1n) is 10.9. The molecular formula is C23H32N2O6. The van der Waals surface area contributed by atoms with Gasteiger partial charge in [-0.1, -0.05) is 6.07 Å². The molecule has 1 aromatic rings. The number of benzene rings is 1. The van der Waals surface area contributed by atoms with Crippen molar-refractivity contribution in [3.05, 3.63) is 23.8 Å². The van der Waals surface area contributed by atoms with Gasteiger partial charge in [0.2, 0.25) is 11.8 Å². The summed E-state index contributed by atoms with van der Waals surface area (Å²) in [6, 6.07) is 5.71. The quantitative estimate of drug-likeness (QED) is 0.584. The number of likely N-dealkylation sites (tertiary alicyclic amines) is 2. The van der Waals surface area contributed by atoms with Crippen molar-refractivity contribution in [2.24, 2.45) is 11.8 Å². The highest BCUT2D eigenvalue weighted by atomic mass is 16.5. The number of rotatable bonds is 8. The lowest BCUT2D eigenvalue weighted by Gasteiger charge is -2.33. The second kappa shape index (κ2) is 10.5. The summed E-state index contributed by atoms with van der Waals surface area (Å²) in [6.07, 6.45) is 2.41. The molecule has 0 saturated carbocycles. The Bertz CT molecular complexity index is 811. The number of carbonyl (C=O) groups excluding carboxylic acids is 3. The Labute approximate surface area is 183 Å². The standard InChI is InChI=1S/C23H32N2O6/c1-4-31-23(28)17-6-5-10-25(14-17)22(27)18-13-21(26)24(15-18)11-9-16-7-8-19(29-2)20(12-16)30-3/h7-8,12,17-18H,4-6,9-11,13-15H2,1-3H3/t17-,18-/m0/s1. The zero-order chi connectivity index (χ0) is 22.4. The molecule has 1 aromatic carbocycles. The number of esters is 1. The summed E-state index contributed by atoms with van der Waals surface area (Å²) in [6.45, 7) is 4.11. The Morgan fingerprint density at radius 2 is 1.87 bits per heavy atom. The summed E-state index contributed by atoms with van der Waals surface area (Å²) >= 11 is 0. The molecule has 2 fully saturated rings. The molecule has 170 valence electrons. The topological polar surface area (TPSA) is 85.4 Å². The smallest absolute Gasteiger partial charge is 0.310 e. The Balaban J connectivity index is 1.55. The van der Waals surface area contributed by atoms with E-state index in [1.807, 2.05) is 18.2 Å². The number of carbonyl (C=O) groups is 3. The van der Waals surface area contributed by atoms with Gasteiger partial charge in [-0.05, 0) is 43.9 Å². The summed E-state index contributed by atoms with van der Waals surface area (Å²) in [5.41, 5.74) is 1.04. The van der Waals surface area contributed by atoms with Crippen LogP contribution in [0.25, 0.3) is 0 Å². The van der Waals surface area contributed by atoms with E-state index in [9.17, 15) is 14.4 Å². The lowest BCUT2D eigenvalue weighted by Crippen LogP contribution is -2.45. The second-order valence-electron chi connectivity index (χ2n) is 8.06. The fourth-order valence-corrected chi connectivity index (χ4v) is 4.34. The molecule has 2 saturated heterocycles. The van der Waals surface area contributed by atoms with E-state index >= 15 is 0 Å². The first-order chi connectivity index (χ1) is 15.0. The predicted molar refractivity (Wildman–Crippen MR) is 114 cm³/mol. The highest BCUT2D eigenvalue weighted by Crippen LogP contribution is 2.29. The monoisotopic (exact) mass is 432 g/mol. The first-order valence-corrected chi connectivity index (χ1v) is 10.9. The maximum absolute atomic E-state index is 13.0. The summed E-state index contributed by atoms with van der Waals surface area (Å²) in [5.74, 6) is 0.432. The molecule has 2 amide bonds. The molecule has 8 nitrogen and oxygen atoms in total. The first kappa shape index (κ1) is 22.9. The van der Waals surface area contributed by atoms with Gasteiger partial charge in [-0.25, -0.2) is 0 Å². The van der Waals surface area contributed by atoms with Crippen LogP contribution in [0.1, 0.15) is 31.7 Å². The molecule has 2 aliphatic rings. The minimum Gasteiger partial charge on any atom is -0.493 e. The Hall–Kier alpha value is -2.77. The van der Waals surface area contributed by atoms with E-state index in [1.54, 1.807) is 30.9 Å². The lowest BCUT2D eigenvalue weighted by atomic mass is 9.96. The number of hydrogen-bond donors (Lipinski definition) is 0. The molecule has 0 aliphatic carbocycles. The van der Waals surface area contributed by atoms with E-state index in [2.05, 4.69) is 0 Å². The van der Waals surface area contributed by atoms with Gasteiger partial charge in [-0.15, -0.1) is 0 Å². The third-order valence-electron chi connectivity index (χ3n) is 6.04. The van der Waals surface area contributed by atoms with Gasteiger partial charge < -0.3 is 24.0 Å². The highest BCUT2D eigenvalue weighted by molar-refractivity contribution is 5.89. The average molecular weight is 433 g/mol. The number of methoxy groups -OCH3 is 2. The van der Waals surface area contributed by atoms with E-state index in [4.69, 9.17) is 14.2 Å². The molecular weight excluding hydrogens is 400 g/mol. The molecule has 0 spiro atoms. The van der Waals surface area contributed by atoms with Crippen molar-refractivity contribution in [2.75, 3.05) is 47.0 Å². The highest BCUT2D eigenvalue weighted by Gasteiger charge is 2.38. The number of nitrogens with zero attached hydrogens (tertiary/aromatic N) is 2. The Morgan fingerprint density at radius 3 is 2.58 bits per heavy atom. The van der Waals surface area contributed by atoms with Gasteiger partial charge in [0, 0.05) is 32.6 Å². The van der Waals surface area contributed by atoms with Crippen molar-refractivity contribution in [1.29, 1.82) is 0 Å². The van der Waals surface area contributed by atoms with Crippen LogP contribution in [0.2, 0.25) is 0 Å². The van der Waals surface area contributed by atoms with Crippen LogP contribution in [0, 0.1) is 11.8 Å². The lowest BCUT2D eigenvalue weighted by molar-refractivity contribution is -0.152. The van der Waals surface area contributed by atoms with Crippen molar-refractivity contribution >= 4 is 17.8 Å². The maximum Gasteiger partial charge on any atom is 0.310 e. The third-order valence-corrected chi connectivity index (χ3v) is 6.04. The van der Waals surface area contributed by atoms with Crippen molar-refractivity contribution in [2.45, 2.75) is 32.6 Å². The zero-order valence-corrected chi connectivity index (χ0v) is 18.6. The molecule has 0 unspecified atom stereocenters. The molecule has 0 bridgehead atoms. The van der Waals surface area contributed by atoms with E-state index in [1.165, 1.54) is 0 Å². The molecule has 2 heterocycles. The van der Waals surface area contributed by atoms with Crippen LogP contribution in [0.5, 0.6) is 11.5 Å². The van der Waals surface area contributed by atoms with Gasteiger partial charge in [0.1, 0.15) is 0 Å². The Kier molecular flexibility index (Phi) is 7.76. The molecule has 3 rings (SSSR count). The average Bonchev–Trinajstić information content (AvgIpc) is 3.17. The summed E-state index contributed by atoms with van der Waals surface area (Å²) in [7, 11) is 3.18. The van der Waals surface area contributed by atoms with Crippen LogP contribution >= 0.6 is 0 Å². The van der Waals surface area contributed by atoms with E-state index in [-0.39, 0.29) is 36.0 Å². The molecule has 0 N–H and O–H groups in total. The minimum absolute atomic E-state index is 0.00206. The molecule has 0 radical (unpaired) electrons. The minimum atomic E-state index is -0.348. The van der Waals surface area contributed by atoms with Crippen molar-refractivity contribution in [3.63, 3.8) is 0 Å². The van der Waals surface area contributed by atoms with Crippen molar-refractivity contribution in [3.8, 4) is 11.5 Å². The number of amides is 2. The maximum atomic E-state index is 13.0. The summed E-state index contributed by atoms with van der Waals surface area (Å²) < 4.78 is 15.7. The molecule has 8 heteroatoms. The Morgan fingerprint density at radius 1 is 1.10 bits per heavy atom. The van der Waals surface area contributed by atoms with Crippen LogP contribution in [0.3, 0.4) is 0 Å². The fraction of sp³-hybridized carbons (Fsp3) is 0.609.